The van der Waals surface area contributed by atoms with Gasteiger partial charge in [0.15, 0.2) is 0 Å². The average molecular weight is 360 g/mol. The van der Waals surface area contributed by atoms with Crippen LogP contribution >= 0.6 is 0 Å². The zero-order valence-corrected chi connectivity index (χ0v) is 14.6. The first kappa shape index (κ1) is 20.7. The quantitative estimate of drug-likeness (QED) is 0.281. The van der Waals surface area contributed by atoms with Crippen LogP contribution in [0.15, 0.2) is 29.2 Å². The molecule has 0 aliphatic heterocycles. The van der Waals surface area contributed by atoms with E-state index in [9.17, 15) is 13.2 Å². The second kappa shape index (κ2) is 12.1. The molecule has 8 heteroatoms. The molecule has 0 bridgehead atoms. The third-order valence-electron chi connectivity index (χ3n) is 2.91. The maximum absolute atomic E-state index is 11.9. The fourth-order valence-corrected chi connectivity index (χ4v) is 2.62. The second-order valence-electron chi connectivity index (χ2n) is 4.91. The van der Waals surface area contributed by atoms with Crippen molar-refractivity contribution in [3.8, 4) is 0 Å². The highest BCUT2D eigenvalue weighted by Crippen LogP contribution is 2.13. The van der Waals surface area contributed by atoms with Crippen LogP contribution in [0, 0.1) is 6.92 Å². The van der Waals surface area contributed by atoms with E-state index in [0.29, 0.717) is 45.7 Å². The van der Waals surface area contributed by atoms with Crippen molar-refractivity contribution in [2.24, 2.45) is 0 Å². The number of hydrogen-bond acceptors (Lipinski definition) is 7. The molecule has 0 aliphatic rings. The van der Waals surface area contributed by atoms with Crippen LogP contribution in [-0.2, 0) is 33.3 Å². The molecule has 7 nitrogen and oxygen atoms in total. The van der Waals surface area contributed by atoms with Gasteiger partial charge in [-0.15, -0.1) is 0 Å². The van der Waals surface area contributed by atoms with Crippen LogP contribution in [-0.4, -0.2) is 61.0 Å². The lowest BCUT2D eigenvalue weighted by Gasteiger charge is -2.07. The molecular weight excluding hydrogens is 336 g/mol. The Bertz CT molecular complexity index is 554. The maximum Gasteiger partial charge on any atom is 0.296 e. The molecular formula is C16H24O7S. The van der Waals surface area contributed by atoms with Gasteiger partial charge < -0.3 is 19.0 Å². The van der Waals surface area contributed by atoms with Crippen molar-refractivity contribution >= 4 is 16.4 Å². The van der Waals surface area contributed by atoms with E-state index in [2.05, 4.69) is 0 Å². The van der Waals surface area contributed by atoms with Gasteiger partial charge >= 0.3 is 0 Å². The van der Waals surface area contributed by atoms with Gasteiger partial charge in [-0.05, 0) is 25.5 Å². The highest BCUT2D eigenvalue weighted by molar-refractivity contribution is 7.86. The number of hydrogen-bond donors (Lipinski definition) is 0. The van der Waals surface area contributed by atoms with Gasteiger partial charge in [-0.1, -0.05) is 17.7 Å². The van der Waals surface area contributed by atoms with E-state index in [1.165, 1.54) is 12.1 Å². The molecule has 0 amide bonds. The Morgan fingerprint density at radius 2 is 1.46 bits per heavy atom. The molecule has 0 fully saturated rings. The van der Waals surface area contributed by atoms with E-state index in [1.54, 1.807) is 12.1 Å². The molecule has 1 rings (SSSR count). The first-order chi connectivity index (χ1) is 11.6. The first-order valence-electron chi connectivity index (χ1n) is 7.69. The summed E-state index contributed by atoms with van der Waals surface area (Å²) in [5.74, 6) is 0. The fourth-order valence-electron chi connectivity index (χ4n) is 1.67. The van der Waals surface area contributed by atoms with E-state index in [4.69, 9.17) is 18.4 Å². The molecule has 0 unspecified atom stereocenters. The SMILES string of the molecule is Cc1ccc(S(=O)(=O)OCCCOCCOCCOCC=O)cc1. The molecule has 0 aromatic heterocycles. The Morgan fingerprint density at radius 1 is 0.875 bits per heavy atom. The summed E-state index contributed by atoms with van der Waals surface area (Å²) >= 11 is 0. The molecule has 1 aromatic rings. The first-order valence-corrected chi connectivity index (χ1v) is 9.10. The zero-order chi connectivity index (χ0) is 17.7. The molecule has 0 atom stereocenters. The van der Waals surface area contributed by atoms with Gasteiger partial charge in [0, 0.05) is 6.61 Å². The minimum atomic E-state index is -3.71. The van der Waals surface area contributed by atoms with Gasteiger partial charge in [-0.2, -0.15) is 8.42 Å². The molecule has 0 radical (unpaired) electrons. The van der Waals surface area contributed by atoms with Gasteiger partial charge in [-0.25, -0.2) is 0 Å². The van der Waals surface area contributed by atoms with Crippen molar-refractivity contribution in [2.45, 2.75) is 18.2 Å². The summed E-state index contributed by atoms with van der Waals surface area (Å²) in [4.78, 5) is 10.1. The van der Waals surface area contributed by atoms with Crippen molar-refractivity contribution in [2.75, 3.05) is 46.2 Å². The average Bonchev–Trinajstić information content (AvgIpc) is 2.56. The van der Waals surface area contributed by atoms with Crippen LogP contribution in [0.3, 0.4) is 0 Å². The number of carbonyl (C=O) groups is 1. The van der Waals surface area contributed by atoms with Gasteiger partial charge in [-0.3, -0.25) is 4.18 Å². The van der Waals surface area contributed by atoms with E-state index in [1.807, 2.05) is 6.92 Å². The summed E-state index contributed by atoms with van der Waals surface area (Å²) in [5, 5.41) is 0. The minimum absolute atomic E-state index is 0.0661. The van der Waals surface area contributed by atoms with Crippen LogP contribution in [0.1, 0.15) is 12.0 Å². The smallest absolute Gasteiger partial charge is 0.296 e. The summed E-state index contributed by atoms with van der Waals surface area (Å²) in [6, 6.07) is 6.50. The third-order valence-corrected chi connectivity index (χ3v) is 4.24. The van der Waals surface area contributed by atoms with E-state index < -0.39 is 10.1 Å². The van der Waals surface area contributed by atoms with E-state index in [-0.39, 0.29) is 18.1 Å². The largest absolute Gasteiger partial charge is 0.379 e. The maximum atomic E-state index is 11.9. The number of rotatable bonds is 14. The summed E-state index contributed by atoms with van der Waals surface area (Å²) in [6.45, 7) is 3.98. The van der Waals surface area contributed by atoms with Crippen molar-refractivity contribution < 1.29 is 31.6 Å². The van der Waals surface area contributed by atoms with Crippen molar-refractivity contribution in [3.05, 3.63) is 29.8 Å². The number of aldehydes is 1. The highest BCUT2D eigenvalue weighted by Gasteiger charge is 2.14. The molecule has 136 valence electrons. The Morgan fingerprint density at radius 3 is 2.08 bits per heavy atom. The van der Waals surface area contributed by atoms with Crippen LogP contribution in [0.2, 0.25) is 0 Å². The van der Waals surface area contributed by atoms with Gasteiger partial charge in [0.05, 0.1) is 37.9 Å². The molecule has 24 heavy (non-hydrogen) atoms. The Hall–Kier alpha value is -1.32. The van der Waals surface area contributed by atoms with Gasteiger partial charge in [0.25, 0.3) is 10.1 Å². The van der Waals surface area contributed by atoms with Crippen LogP contribution < -0.4 is 0 Å². The monoisotopic (exact) mass is 360 g/mol. The van der Waals surface area contributed by atoms with Crippen LogP contribution in [0.4, 0.5) is 0 Å². The zero-order valence-electron chi connectivity index (χ0n) is 13.8. The molecule has 0 saturated carbocycles. The molecule has 0 heterocycles. The number of ether oxygens (including phenoxy) is 3. The Kier molecular flexibility index (Phi) is 10.4. The van der Waals surface area contributed by atoms with E-state index >= 15 is 0 Å². The highest BCUT2D eigenvalue weighted by atomic mass is 32.2. The van der Waals surface area contributed by atoms with Crippen molar-refractivity contribution in [1.29, 1.82) is 0 Å². The molecule has 0 N–H and O–H groups in total. The van der Waals surface area contributed by atoms with Crippen LogP contribution in [0.25, 0.3) is 0 Å². The summed E-state index contributed by atoms with van der Waals surface area (Å²) < 4.78 is 44.2. The lowest BCUT2D eigenvalue weighted by atomic mass is 10.2. The van der Waals surface area contributed by atoms with Crippen molar-refractivity contribution in [3.63, 3.8) is 0 Å². The number of carbonyl (C=O) groups excluding carboxylic acids is 1. The fraction of sp³-hybridized carbons (Fsp3) is 0.562. The predicted octanol–water partition coefficient (Wildman–Crippen LogP) is 1.34. The summed E-state index contributed by atoms with van der Waals surface area (Å²) in [7, 11) is -3.71. The molecule has 0 aliphatic carbocycles. The lowest BCUT2D eigenvalue weighted by Crippen LogP contribution is -2.12. The Balaban J connectivity index is 2.02. The standard InChI is InChI=1S/C16H24O7S/c1-15-3-5-16(6-4-15)24(18,19)23-9-2-8-20-11-13-22-14-12-21-10-7-17/h3-7H,2,8-14H2,1H3. The summed E-state index contributed by atoms with van der Waals surface area (Å²) in [5.41, 5.74) is 0.986. The van der Waals surface area contributed by atoms with Gasteiger partial charge in [0.1, 0.15) is 12.9 Å². The topological polar surface area (TPSA) is 88.1 Å². The van der Waals surface area contributed by atoms with Gasteiger partial charge in [0.2, 0.25) is 0 Å². The van der Waals surface area contributed by atoms with Crippen molar-refractivity contribution in [1.82, 2.24) is 0 Å². The molecule has 0 saturated heterocycles. The number of aryl methyl sites for hydroxylation is 1. The van der Waals surface area contributed by atoms with E-state index in [0.717, 1.165) is 5.56 Å². The third kappa shape index (κ3) is 9.09. The normalized spacial score (nSPS) is 11.5. The minimum Gasteiger partial charge on any atom is -0.379 e. The Labute approximate surface area is 143 Å². The molecule has 1 aromatic carbocycles. The molecule has 0 spiro atoms. The lowest BCUT2D eigenvalue weighted by molar-refractivity contribution is -0.112. The summed E-state index contributed by atoms with van der Waals surface area (Å²) in [6.07, 6.45) is 1.15. The second-order valence-corrected chi connectivity index (χ2v) is 6.52. The predicted molar refractivity (Wildman–Crippen MR) is 87.5 cm³/mol. The number of benzene rings is 1. The van der Waals surface area contributed by atoms with Crippen LogP contribution in [0.5, 0.6) is 0 Å².